The zero-order chi connectivity index (χ0) is 11.7. The van der Waals surface area contributed by atoms with Crippen molar-refractivity contribution in [2.24, 2.45) is 5.92 Å². The average molecular weight is 230 g/mol. The van der Waals surface area contributed by atoms with Gasteiger partial charge in [-0.25, -0.2) is 0 Å². The second-order valence-electron chi connectivity index (χ2n) is 4.96. The molecule has 2 heterocycles. The largest absolute Gasteiger partial charge is 0.335 e. The summed E-state index contributed by atoms with van der Waals surface area (Å²) >= 11 is 0. The molecule has 3 rings (SSSR count). The smallest absolute Gasteiger partial charge is 0.228 e. The first-order valence-electron chi connectivity index (χ1n) is 6.42. The van der Waals surface area contributed by atoms with Crippen LogP contribution in [0.1, 0.15) is 24.4 Å². The van der Waals surface area contributed by atoms with Crippen LogP contribution in [-0.4, -0.2) is 30.4 Å². The first-order chi connectivity index (χ1) is 8.36. The van der Waals surface area contributed by atoms with Gasteiger partial charge in [0.1, 0.15) is 0 Å². The third-order valence-electron chi connectivity index (χ3n) is 3.85. The van der Waals surface area contributed by atoms with Gasteiger partial charge in [-0.3, -0.25) is 4.79 Å². The summed E-state index contributed by atoms with van der Waals surface area (Å²) in [4.78, 5) is 14.4. The van der Waals surface area contributed by atoms with Gasteiger partial charge < -0.3 is 10.2 Å². The van der Waals surface area contributed by atoms with E-state index in [0.29, 0.717) is 11.9 Å². The number of carbonyl (C=O) groups is 1. The summed E-state index contributed by atoms with van der Waals surface area (Å²) in [6.45, 7) is 2.64. The van der Waals surface area contributed by atoms with Crippen LogP contribution in [0, 0.1) is 5.92 Å². The first kappa shape index (κ1) is 10.8. The average Bonchev–Trinajstić information content (AvgIpc) is 2.76. The number of amides is 1. The molecule has 1 aromatic carbocycles. The highest BCUT2D eigenvalue weighted by atomic mass is 16.2. The summed E-state index contributed by atoms with van der Waals surface area (Å²) in [6, 6.07) is 10.7. The molecule has 0 spiro atoms. The van der Waals surface area contributed by atoms with E-state index >= 15 is 0 Å². The van der Waals surface area contributed by atoms with E-state index in [1.54, 1.807) is 0 Å². The second kappa shape index (κ2) is 4.49. The molecule has 90 valence electrons. The number of hydrogen-bond donors (Lipinski definition) is 1. The van der Waals surface area contributed by atoms with Crippen LogP contribution in [-0.2, 0) is 4.79 Å². The van der Waals surface area contributed by atoms with Gasteiger partial charge in [-0.05, 0) is 18.4 Å². The maximum Gasteiger partial charge on any atom is 0.228 e. The van der Waals surface area contributed by atoms with Crippen molar-refractivity contribution in [3.63, 3.8) is 0 Å². The van der Waals surface area contributed by atoms with E-state index in [-0.39, 0.29) is 5.92 Å². The summed E-state index contributed by atoms with van der Waals surface area (Å²) in [7, 11) is 0. The van der Waals surface area contributed by atoms with E-state index in [1.807, 2.05) is 6.07 Å². The van der Waals surface area contributed by atoms with Gasteiger partial charge in [0, 0.05) is 19.6 Å². The van der Waals surface area contributed by atoms with Gasteiger partial charge in [0.2, 0.25) is 5.91 Å². The Morgan fingerprint density at radius 1 is 1.24 bits per heavy atom. The highest BCUT2D eigenvalue weighted by Gasteiger charge is 2.35. The van der Waals surface area contributed by atoms with Gasteiger partial charge in [-0.2, -0.15) is 0 Å². The molecule has 2 saturated heterocycles. The maximum atomic E-state index is 12.3. The molecule has 3 nitrogen and oxygen atoms in total. The number of carbonyl (C=O) groups excluding carboxylic acids is 1. The SMILES string of the molecule is O=C(C1CNC1)N1CCCC1c1ccccc1. The number of nitrogens with zero attached hydrogens (tertiary/aromatic N) is 1. The highest BCUT2D eigenvalue weighted by Crippen LogP contribution is 2.33. The van der Waals surface area contributed by atoms with Crippen molar-refractivity contribution in [1.29, 1.82) is 0 Å². The Labute approximate surface area is 102 Å². The fourth-order valence-electron chi connectivity index (χ4n) is 2.75. The Kier molecular flexibility index (Phi) is 2.85. The van der Waals surface area contributed by atoms with Gasteiger partial charge in [0.25, 0.3) is 0 Å². The first-order valence-corrected chi connectivity index (χ1v) is 6.42. The lowest BCUT2D eigenvalue weighted by atomic mass is 9.99. The number of likely N-dealkylation sites (tertiary alicyclic amines) is 1. The molecule has 2 aliphatic rings. The minimum absolute atomic E-state index is 0.222. The molecule has 0 aromatic heterocycles. The Morgan fingerprint density at radius 2 is 2.00 bits per heavy atom. The van der Waals surface area contributed by atoms with Gasteiger partial charge >= 0.3 is 0 Å². The predicted octanol–water partition coefficient (Wildman–Crippen LogP) is 1.57. The topological polar surface area (TPSA) is 32.3 Å². The minimum atomic E-state index is 0.222. The van der Waals surface area contributed by atoms with Crippen molar-refractivity contribution in [3.8, 4) is 0 Å². The molecule has 17 heavy (non-hydrogen) atoms. The fraction of sp³-hybridized carbons (Fsp3) is 0.500. The molecule has 2 fully saturated rings. The van der Waals surface area contributed by atoms with Gasteiger partial charge in [-0.1, -0.05) is 30.3 Å². The van der Waals surface area contributed by atoms with E-state index in [9.17, 15) is 4.79 Å². The third kappa shape index (κ3) is 1.95. The third-order valence-corrected chi connectivity index (χ3v) is 3.85. The van der Waals surface area contributed by atoms with Crippen molar-refractivity contribution in [1.82, 2.24) is 10.2 Å². The van der Waals surface area contributed by atoms with Crippen LogP contribution in [0.4, 0.5) is 0 Å². The number of rotatable bonds is 2. The quantitative estimate of drug-likeness (QED) is 0.836. The van der Waals surface area contributed by atoms with Crippen LogP contribution in [0.2, 0.25) is 0 Å². The molecule has 1 atom stereocenters. The molecule has 1 aromatic rings. The summed E-state index contributed by atoms with van der Waals surface area (Å²) in [6.07, 6.45) is 2.24. The Morgan fingerprint density at radius 3 is 2.65 bits per heavy atom. The summed E-state index contributed by atoms with van der Waals surface area (Å²) in [5.41, 5.74) is 1.28. The Hall–Kier alpha value is -1.35. The Balaban J connectivity index is 1.77. The lowest BCUT2D eigenvalue weighted by Gasteiger charge is -2.33. The van der Waals surface area contributed by atoms with Crippen molar-refractivity contribution < 1.29 is 4.79 Å². The van der Waals surface area contributed by atoms with E-state index < -0.39 is 0 Å². The fourth-order valence-corrected chi connectivity index (χ4v) is 2.75. The van der Waals surface area contributed by atoms with Crippen LogP contribution in [0.3, 0.4) is 0 Å². The molecule has 1 N–H and O–H groups in total. The van der Waals surface area contributed by atoms with E-state index in [0.717, 1.165) is 32.5 Å². The van der Waals surface area contributed by atoms with Crippen LogP contribution >= 0.6 is 0 Å². The maximum absolute atomic E-state index is 12.3. The summed E-state index contributed by atoms with van der Waals surface area (Å²) in [5, 5.41) is 3.17. The molecule has 0 aliphatic carbocycles. The second-order valence-corrected chi connectivity index (χ2v) is 4.96. The lowest BCUT2D eigenvalue weighted by molar-refractivity contribution is -0.138. The summed E-state index contributed by atoms with van der Waals surface area (Å²) < 4.78 is 0. The van der Waals surface area contributed by atoms with Crippen LogP contribution < -0.4 is 5.32 Å². The Bertz CT molecular complexity index is 400. The molecule has 1 unspecified atom stereocenters. The molecule has 0 bridgehead atoms. The predicted molar refractivity (Wildman–Crippen MR) is 66.5 cm³/mol. The molecule has 0 saturated carbocycles. The van der Waals surface area contributed by atoms with Gasteiger partial charge in [0.05, 0.1) is 12.0 Å². The molecule has 3 heteroatoms. The number of hydrogen-bond acceptors (Lipinski definition) is 2. The minimum Gasteiger partial charge on any atom is -0.335 e. The molecular formula is C14H18N2O. The highest BCUT2D eigenvalue weighted by molar-refractivity contribution is 5.81. The van der Waals surface area contributed by atoms with Crippen LogP contribution in [0.25, 0.3) is 0 Å². The van der Waals surface area contributed by atoms with Gasteiger partial charge in [0.15, 0.2) is 0 Å². The molecule has 0 radical (unpaired) electrons. The monoisotopic (exact) mass is 230 g/mol. The van der Waals surface area contributed by atoms with E-state index in [1.165, 1.54) is 5.56 Å². The summed E-state index contributed by atoms with van der Waals surface area (Å²) in [5.74, 6) is 0.564. The molecule has 1 amide bonds. The van der Waals surface area contributed by atoms with Crippen molar-refractivity contribution in [2.45, 2.75) is 18.9 Å². The van der Waals surface area contributed by atoms with E-state index in [2.05, 4.69) is 34.5 Å². The van der Waals surface area contributed by atoms with Crippen molar-refractivity contribution >= 4 is 5.91 Å². The van der Waals surface area contributed by atoms with Crippen molar-refractivity contribution in [2.75, 3.05) is 19.6 Å². The zero-order valence-electron chi connectivity index (χ0n) is 9.93. The normalized spacial score (nSPS) is 24.7. The number of benzene rings is 1. The van der Waals surface area contributed by atoms with Crippen molar-refractivity contribution in [3.05, 3.63) is 35.9 Å². The van der Waals surface area contributed by atoms with E-state index in [4.69, 9.17) is 0 Å². The molecular weight excluding hydrogens is 212 g/mol. The van der Waals surface area contributed by atoms with Crippen LogP contribution in [0.15, 0.2) is 30.3 Å². The lowest BCUT2D eigenvalue weighted by Crippen LogP contribution is -2.51. The number of nitrogens with one attached hydrogen (secondary N) is 1. The van der Waals surface area contributed by atoms with Crippen LogP contribution in [0.5, 0.6) is 0 Å². The standard InChI is InChI=1S/C14H18N2O/c17-14(12-9-15-10-12)16-8-4-7-13(16)11-5-2-1-3-6-11/h1-3,5-6,12-13,15H,4,7-10H2. The zero-order valence-corrected chi connectivity index (χ0v) is 9.93. The van der Waals surface area contributed by atoms with Gasteiger partial charge in [-0.15, -0.1) is 0 Å². The molecule has 2 aliphatic heterocycles.